The van der Waals surface area contributed by atoms with E-state index in [2.05, 4.69) is 53.5 Å². The molecule has 2 fully saturated rings. The Bertz CT molecular complexity index is 1890. The second-order valence-corrected chi connectivity index (χ2v) is 15.4. The van der Waals surface area contributed by atoms with Crippen LogP contribution in [0, 0.1) is 23.7 Å². The monoisotopic (exact) mass is 735 g/mol. The van der Waals surface area contributed by atoms with E-state index in [1.807, 2.05) is 49.9 Å². The van der Waals surface area contributed by atoms with Crippen molar-refractivity contribution in [1.82, 2.24) is 19.8 Å². The van der Waals surface area contributed by atoms with Gasteiger partial charge in [0.2, 0.25) is 11.8 Å². The van der Waals surface area contributed by atoms with E-state index in [-0.39, 0.29) is 60.5 Å². The molecule has 0 bridgehead atoms. The van der Waals surface area contributed by atoms with Crippen LogP contribution >= 0.6 is 0 Å². The Hall–Kier alpha value is -5.06. The Morgan fingerprint density at radius 3 is 1.72 bits per heavy atom. The van der Waals surface area contributed by atoms with Gasteiger partial charge in [-0.2, -0.15) is 0 Å². The van der Waals surface area contributed by atoms with Crippen molar-refractivity contribution < 1.29 is 28.7 Å². The molecule has 11 heteroatoms. The number of H-pyrrole nitrogens is 1. The summed E-state index contributed by atoms with van der Waals surface area (Å²) in [6, 6.07) is 16.6. The van der Waals surface area contributed by atoms with Gasteiger partial charge in [0.05, 0.1) is 62.9 Å². The number of ether oxygens (including phenoxy) is 2. The number of aromatic nitrogens is 2. The number of esters is 2. The van der Waals surface area contributed by atoms with Gasteiger partial charge in [-0.05, 0) is 65.3 Å². The molecule has 1 aromatic heterocycles. The number of carbonyl (C=O) groups excluding carboxylic acids is 4. The third-order valence-corrected chi connectivity index (χ3v) is 11.4. The molecule has 2 aromatic carbocycles. The first-order chi connectivity index (χ1) is 26.0. The molecule has 3 aromatic rings. The Morgan fingerprint density at radius 1 is 0.722 bits per heavy atom. The summed E-state index contributed by atoms with van der Waals surface area (Å²) in [5, 5.41) is 0. The summed E-state index contributed by atoms with van der Waals surface area (Å²) < 4.78 is 9.74. The molecule has 0 radical (unpaired) electrons. The number of hydrogen-bond acceptors (Lipinski definition) is 8. The second kappa shape index (κ2) is 17.0. The fourth-order valence-electron chi connectivity index (χ4n) is 8.06. The number of methoxy groups -OCH3 is 2. The SMILES string of the molecule is COC(=O)C[C@H](C(=O)N1CCC[C@@H]1c1ncc(-c2ccc(-c3ccc(C4=CN=C([C@@H]5CCCN5C(=O)[C@H](CC(=O)OC)C(C)C)C4)cc3)cc2)[nH]1)C(C)C. The van der Waals surface area contributed by atoms with Crippen molar-refractivity contribution in [3.05, 3.63) is 72.3 Å². The smallest absolute Gasteiger partial charge is 0.306 e. The molecule has 4 atom stereocenters. The van der Waals surface area contributed by atoms with Crippen LogP contribution in [0.4, 0.5) is 0 Å². The van der Waals surface area contributed by atoms with Gasteiger partial charge in [0.1, 0.15) is 5.82 Å². The lowest BCUT2D eigenvalue weighted by atomic mass is 9.90. The van der Waals surface area contributed by atoms with Crippen LogP contribution in [0.3, 0.4) is 0 Å². The fraction of sp³-hybridized carbons (Fsp3) is 0.488. The van der Waals surface area contributed by atoms with Crippen molar-refractivity contribution in [2.45, 2.75) is 84.7 Å². The number of allylic oxidation sites excluding steroid dienone is 1. The molecule has 11 nitrogen and oxygen atoms in total. The van der Waals surface area contributed by atoms with Crippen LogP contribution in [0.15, 0.2) is 65.9 Å². The predicted octanol–water partition coefficient (Wildman–Crippen LogP) is 7.25. The molecule has 1 N–H and O–H groups in total. The topological polar surface area (TPSA) is 134 Å². The molecule has 286 valence electrons. The molecule has 0 unspecified atom stereocenters. The highest BCUT2D eigenvalue weighted by Gasteiger charge is 2.39. The predicted molar refractivity (Wildman–Crippen MR) is 208 cm³/mol. The number of aliphatic imine (C=N–C) groups is 1. The zero-order chi connectivity index (χ0) is 38.5. The number of amides is 2. The first-order valence-electron chi connectivity index (χ1n) is 19.2. The Labute approximate surface area is 318 Å². The van der Waals surface area contributed by atoms with Crippen molar-refractivity contribution in [3.8, 4) is 22.4 Å². The maximum absolute atomic E-state index is 13.6. The lowest BCUT2D eigenvalue weighted by Crippen LogP contribution is -2.45. The third kappa shape index (κ3) is 8.35. The summed E-state index contributed by atoms with van der Waals surface area (Å²) in [4.78, 5) is 68.1. The molecule has 3 aliphatic heterocycles. The second-order valence-electron chi connectivity index (χ2n) is 15.4. The molecular weight excluding hydrogens is 683 g/mol. The summed E-state index contributed by atoms with van der Waals surface area (Å²) in [5.74, 6) is -0.779. The van der Waals surface area contributed by atoms with Gasteiger partial charge in [0.25, 0.3) is 0 Å². The van der Waals surface area contributed by atoms with E-state index in [0.29, 0.717) is 19.5 Å². The van der Waals surface area contributed by atoms with Crippen LogP contribution in [0.25, 0.3) is 28.0 Å². The number of imidazole rings is 1. The first-order valence-corrected chi connectivity index (χ1v) is 19.2. The average molecular weight is 736 g/mol. The maximum atomic E-state index is 13.6. The minimum absolute atomic E-state index is 0.0118. The van der Waals surface area contributed by atoms with Gasteiger partial charge in [-0.1, -0.05) is 76.2 Å². The van der Waals surface area contributed by atoms with E-state index < -0.39 is 11.8 Å². The van der Waals surface area contributed by atoms with E-state index >= 15 is 0 Å². The van der Waals surface area contributed by atoms with Gasteiger partial charge in [-0.15, -0.1) is 0 Å². The van der Waals surface area contributed by atoms with E-state index in [4.69, 9.17) is 19.5 Å². The van der Waals surface area contributed by atoms with Crippen LogP contribution < -0.4 is 0 Å². The molecular formula is C43H53N5O6. The van der Waals surface area contributed by atoms with Crippen molar-refractivity contribution in [1.29, 1.82) is 0 Å². The minimum Gasteiger partial charge on any atom is -0.469 e. The van der Waals surface area contributed by atoms with E-state index in [1.54, 1.807) is 0 Å². The molecule has 2 saturated heterocycles. The largest absolute Gasteiger partial charge is 0.469 e. The summed E-state index contributed by atoms with van der Waals surface area (Å²) >= 11 is 0. The van der Waals surface area contributed by atoms with Gasteiger partial charge in [0, 0.05) is 31.4 Å². The van der Waals surface area contributed by atoms with Crippen LogP contribution in [0.5, 0.6) is 0 Å². The van der Waals surface area contributed by atoms with Gasteiger partial charge in [-0.3, -0.25) is 24.2 Å². The molecule has 0 spiro atoms. The van der Waals surface area contributed by atoms with Crippen LogP contribution in [-0.2, 0) is 28.7 Å². The number of likely N-dealkylation sites (tertiary alicyclic amines) is 2. The Morgan fingerprint density at radius 2 is 1.20 bits per heavy atom. The number of nitrogens with zero attached hydrogens (tertiary/aromatic N) is 4. The Kier molecular flexibility index (Phi) is 12.1. The van der Waals surface area contributed by atoms with Gasteiger partial charge < -0.3 is 24.3 Å². The van der Waals surface area contributed by atoms with Crippen LogP contribution in [0.2, 0.25) is 0 Å². The van der Waals surface area contributed by atoms with Gasteiger partial charge in [-0.25, -0.2) is 4.98 Å². The summed E-state index contributed by atoms with van der Waals surface area (Å²) in [6.45, 7) is 9.21. The normalized spacial score (nSPS) is 19.6. The van der Waals surface area contributed by atoms with Crippen LogP contribution in [-0.4, -0.2) is 82.6 Å². The fourth-order valence-corrected chi connectivity index (χ4v) is 8.06. The molecule has 6 rings (SSSR count). The highest BCUT2D eigenvalue weighted by Crippen LogP contribution is 2.36. The number of aromatic amines is 1. The molecule has 3 aliphatic rings. The molecule has 4 heterocycles. The summed E-state index contributed by atoms with van der Waals surface area (Å²) in [7, 11) is 2.72. The van der Waals surface area contributed by atoms with Crippen molar-refractivity contribution in [2.24, 2.45) is 28.7 Å². The van der Waals surface area contributed by atoms with Gasteiger partial charge >= 0.3 is 11.9 Å². The van der Waals surface area contributed by atoms with Gasteiger partial charge in [0.15, 0.2) is 0 Å². The van der Waals surface area contributed by atoms with E-state index in [1.165, 1.54) is 14.2 Å². The minimum atomic E-state index is -0.432. The molecule has 2 amide bonds. The number of hydrogen-bond donors (Lipinski definition) is 1. The highest BCUT2D eigenvalue weighted by atomic mass is 16.5. The lowest BCUT2D eigenvalue weighted by molar-refractivity contribution is -0.148. The molecule has 54 heavy (non-hydrogen) atoms. The molecule has 0 aliphatic carbocycles. The molecule has 0 saturated carbocycles. The zero-order valence-electron chi connectivity index (χ0n) is 32.3. The summed E-state index contributed by atoms with van der Waals surface area (Å²) in [5.41, 5.74) is 7.31. The first kappa shape index (κ1) is 38.7. The Balaban J connectivity index is 1.07. The van der Waals surface area contributed by atoms with Crippen molar-refractivity contribution in [3.63, 3.8) is 0 Å². The zero-order valence-corrected chi connectivity index (χ0v) is 32.3. The van der Waals surface area contributed by atoms with Crippen LogP contribution in [0.1, 0.15) is 90.1 Å². The lowest BCUT2D eigenvalue weighted by Gasteiger charge is -2.30. The number of rotatable bonds is 13. The third-order valence-electron chi connectivity index (χ3n) is 11.4. The standard InChI is InChI=1S/C43H53N5O6/c1-26(2)33(22-39(49)53-5)42(51)47-19-7-9-37(47)35-21-32(24-44-35)30-13-11-28(12-14-30)29-15-17-31(18-16-29)36-25-45-41(46-36)38-10-8-20-48(38)43(52)34(27(3)4)23-40(50)54-6/h11-18,24-27,33-34,37-38H,7-10,19-23H2,1-6H3,(H,45,46)/t33-,34+,37+,38-/m1/s1. The summed E-state index contributed by atoms with van der Waals surface area (Å²) in [6.07, 6.45) is 8.10. The van der Waals surface area contributed by atoms with E-state index in [9.17, 15) is 19.2 Å². The average Bonchev–Trinajstić information content (AvgIpc) is 4.02. The number of benzene rings is 2. The van der Waals surface area contributed by atoms with Crippen molar-refractivity contribution >= 4 is 35.0 Å². The maximum Gasteiger partial charge on any atom is 0.306 e. The number of nitrogens with one attached hydrogen (secondary N) is 1. The quantitative estimate of drug-likeness (QED) is 0.183. The highest BCUT2D eigenvalue weighted by molar-refractivity contribution is 6.03. The van der Waals surface area contributed by atoms with E-state index in [0.717, 1.165) is 70.7 Å². The number of carbonyl (C=O) groups is 4. The van der Waals surface area contributed by atoms with Crippen molar-refractivity contribution in [2.75, 3.05) is 27.3 Å².